The standard InChI is InChI=1S/C58H45N/c1-57(2)51-28-11-8-21-45(51)47-36-35-42(37-53(47)57)59(54-30-13-10-23-48(54)50-27-16-26-49-46-22-9-12-29-52(46)58(3,4)56(49)50)41-33-31-39(32-34-41)44-25-15-20-40-19-14-24-43(55(40)44)38-17-6-5-7-18-38/h5-37H,1-4H3. The Morgan fingerprint density at radius 1 is 0.322 bits per heavy atom. The number of para-hydroxylation sites is 1. The maximum Gasteiger partial charge on any atom is 0.0540 e. The van der Waals surface area contributed by atoms with Crippen LogP contribution in [0.15, 0.2) is 200 Å². The van der Waals surface area contributed by atoms with Crippen LogP contribution >= 0.6 is 0 Å². The number of nitrogens with zero attached hydrogens (tertiary/aromatic N) is 1. The smallest absolute Gasteiger partial charge is 0.0540 e. The predicted octanol–water partition coefficient (Wildman–Crippen LogP) is 15.9. The average molecular weight is 756 g/mol. The highest BCUT2D eigenvalue weighted by Crippen LogP contribution is 2.55. The van der Waals surface area contributed by atoms with E-state index in [-0.39, 0.29) is 10.8 Å². The van der Waals surface area contributed by atoms with E-state index >= 15 is 0 Å². The van der Waals surface area contributed by atoms with Crippen LogP contribution in [0.5, 0.6) is 0 Å². The van der Waals surface area contributed by atoms with E-state index < -0.39 is 0 Å². The highest BCUT2D eigenvalue weighted by atomic mass is 15.1. The highest BCUT2D eigenvalue weighted by molar-refractivity contribution is 6.06. The summed E-state index contributed by atoms with van der Waals surface area (Å²) in [7, 11) is 0. The Morgan fingerprint density at radius 3 is 1.49 bits per heavy atom. The summed E-state index contributed by atoms with van der Waals surface area (Å²) < 4.78 is 0. The lowest BCUT2D eigenvalue weighted by Gasteiger charge is -2.31. The van der Waals surface area contributed by atoms with Crippen molar-refractivity contribution in [2.75, 3.05) is 4.90 Å². The lowest BCUT2D eigenvalue weighted by molar-refractivity contribution is 0.660. The van der Waals surface area contributed by atoms with Crippen LogP contribution in [0.3, 0.4) is 0 Å². The topological polar surface area (TPSA) is 3.24 Å². The summed E-state index contributed by atoms with van der Waals surface area (Å²) in [5, 5.41) is 2.52. The van der Waals surface area contributed by atoms with Gasteiger partial charge in [-0.15, -0.1) is 0 Å². The summed E-state index contributed by atoms with van der Waals surface area (Å²) in [5.74, 6) is 0. The molecule has 9 aromatic carbocycles. The minimum atomic E-state index is -0.150. The van der Waals surface area contributed by atoms with Crippen molar-refractivity contribution in [1.82, 2.24) is 0 Å². The van der Waals surface area contributed by atoms with Gasteiger partial charge in [0.15, 0.2) is 0 Å². The van der Waals surface area contributed by atoms with Gasteiger partial charge in [-0.25, -0.2) is 0 Å². The molecule has 0 unspecified atom stereocenters. The average Bonchev–Trinajstić information content (AvgIpc) is 3.66. The molecule has 2 aliphatic rings. The Balaban J connectivity index is 1.11. The molecule has 59 heavy (non-hydrogen) atoms. The van der Waals surface area contributed by atoms with Crippen LogP contribution in [0, 0.1) is 0 Å². The van der Waals surface area contributed by atoms with Gasteiger partial charge in [-0.3, -0.25) is 0 Å². The molecular weight excluding hydrogens is 711 g/mol. The SMILES string of the molecule is CC1(C)c2ccccc2-c2ccc(N(c3ccc(-c4cccc5cccc(-c6ccccc6)c45)cc3)c3ccccc3-c3cccc4c3C(C)(C)c3ccccc3-4)cc21. The zero-order valence-corrected chi connectivity index (χ0v) is 34.0. The second-order valence-corrected chi connectivity index (χ2v) is 17.3. The quantitative estimate of drug-likeness (QED) is 0.163. The molecule has 0 bridgehead atoms. The third-order valence-electron chi connectivity index (χ3n) is 13.3. The Bertz CT molecular complexity index is 3090. The molecule has 0 saturated heterocycles. The van der Waals surface area contributed by atoms with E-state index in [0.29, 0.717) is 0 Å². The molecule has 1 heteroatoms. The molecule has 282 valence electrons. The van der Waals surface area contributed by atoms with Gasteiger partial charge in [0.1, 0.15) is 0 Å². The third-order valence-corrected chi connectivity index (χ3v) is 13.3. The van der Waals surface area contributed by atoms with E-state index in [4.69, 9.17) is 0 Å². The molecule has 0 fully saturated rings. The van der Waals surface area contributed by atoms with Crippen LogP contribution in [-0.2, 0) is 10.8 Å². The molecule has 0 spiro atoms. The zero-order chi connectivity index (χ0) is 39.9. The Labute approximate surface area is 347 Å². The summed E-state index contributed by atoms with van der Waals surface area (Å²) in [4.78, 5) is 2.49. The van der Waals surface area contributed by atoms with Crippen LogP contribution in [0.25, 0.3) is 66.4 Å². The molecule has 1 nitrogen and oxygen atoms in total. The molecule has 0 saturated carbocycles. The molecule has 0 N–H and O–H groups in total. The predicted molar refractivity (Wildman–Crippen MR) is 250 cm³/mol. The van der Waals surface area contributed by atoms with Crippen LogP contribution in [0.1, 0.15) is 49.9 Å². The number of anilines is 3. The first-order valence-corrected chi connectivity index (χ1v) is 20.9. The Morgan fingerprint density at radius 2 is 0.797 bits per heavy atom. The van der Waals surface area contributed by atoms with Gasteiger partial charge in [-0.1, -0.05) is 198 Å². The summed E-state index contributed by atoms with van der Waals surface area (Å²) in [6.45, 7) is 9.51. The zero-order valence-electron chi connectivity index (χ0n) is 34.0. The van der Waals surface area contributed by atoms with E-state index in [9.17, 15) is 0 Å². The van der Waals surface area contributed by atoms with Crippen molar-refractivity contribution < 1.29 is 0 Å². The van der Waals surface area contributed by atoms with E-state index in [1.165, 1.54) is 88.7 Å². The lowest BCUT2D eigenvalue weighted by atomic mass is 9.78. The van der Waals surface area contributed by atoms with Gasteiger partial charge in [0.25, 0.3) is 0 Å². The molecule has 2 aliphatic carbocycles. The lowest BCUT2D eigenvalue weighted by Crippen LogP contribution is -2.18. The number of rotatable bonds is 6. The van der Waals surface area contributed by atoms with Crippen LogP contribution in [0.4, 0.5) is 17.1 Å². The van der Waals surface area contributed by atoms with Gasteiger partial charge in [0.2, 0.25) is 0 Å². The fraction of sp³-hybridized carbons (Fsp3) is 0.103. The summed E-state index contributed by atoms with van der Waals surface area (Å²) in [6, 6.07) is 74.2. The largest absolute Gasteiger partial charge is 0.310 e. The van der Waals surface area contributed by atoms with Crippen molar-refractivity contribution in [2.24, 2.45) is 0 Å². The second kappa shape index (κ2) is 13.3. The Hall–Kier alpha value is -6.96. The molecule has 9 aromatic rings. The molecular formula is C58H45N. The third kappa shape index (κ3) is 5.38. The van der Waals surface area contributed by atoms with Crippen molar-refractivity contribution >= 4 is 27.8 Å². The van der Waals surface area contributed by atoms with E-state index in [1.54, 1.807) is 0 Å². The van der Waals surface area contributed by atoms with Crippen molar-refractivity contribution in [3.8, 4) is 55.6 Å². The molecule has 0 amide bonds. The molecule has 0 aromatic heterocycles. The normalized spacial score (nSPS) is 14.0. The fourth-order valence-electron chi connectivity index (χ4n) is 10.5. The van der Waals surface area contributed by atoms with E-state index in [2.05, 4.69) is 233 Å². The summed E-state index contributed by atoms with van der Waals surface area (Å²) in [6.07, 6.45) is 0. The first-order chi connectivity index (χ1) is 28.8. The molecule has 0 heterocycles. The molecule has 11 rings (SSSR count). The number of hydrogen-bond acceptors (Lipinski definition) is 1. The molecule has 0 aliphatic heterocycles. The van der Waals surface area contributed by atoms with Crippen molar-refractivity contribution in [1.29, 1.82) is 0 Å². The summed E-state index contributed by atoms with van der Waals surface area (Å²) >= 11 is 0. The first-order valence-electron chi connectivity index (χ1n) is 20.9. The van der Waals surface area contributed by atoms with Gasteiger partial charge >= 0.3 is 0 Å². The monoisotopic (exact) mass is 755 g/mol. The first kappa shape index (κ1) is 35.2. The number of benzene rings is 9. The second-order valence-electron chi connectivity index (χ2n) is 17.3. The van der Waals surface area contributed by atoms with Crippen LogP contribution in [-0.4, -0.2) is 0 Å². The minimum absolute atomic E-state index is 0.127. The number of fused-ring (bicyclic) bond motifs is 7. The van der Waals surface area contributed by atoms with Crippen LogP contribution < -0.4 is 4.90 Å². The molecule has 0 radical (unpaired) electrons. The fourth-order valence-corrected chi connectivity index (χ4v) is 10.5. The Kier molecular flexibility index (Phi) is 7.94. The summed E-state index contributed by atoms with van der Waals surface area (Å²) in [5.41, 5.74) is 21.4. The van der Waals surface area contributed by atoms with Crippen molar-refractivity contribution in [2.45, 2.75) is 38.5 Å². The van der Waals surface area contributed by atoms with Gasteiger partial charge in [-0.05, 0) is 113 Å². The van der Waals surface area contributed by atoms with Crippen molar-refractivity contribution in [3.05, 3.63) is 222 Å². The van der Waals surface area contributed by atoms with Gasteiger partial charge in [0.05, 0.1) is 5.69 Å². The van der Waals surface area contributed by atoms with Crippen molar-refractivity contribution in [3.63, 3.8) is 0 Å². The van der Waals surface area contributed by atoms with Gasteiger partial charge in [-0.2, -0.15) is 0 Å². The number of hydrogen-bond donors (Lipinski definition) is 0. The maximum atomic E-state index is 2.49. The van der Waals surface area contributed by atoms with E-state index in [1.807, 2.05) is 0 Å². The highest BCUT2D eigenvalue weighted by Gasteiger charge is 2.39. The minimum Gasteiger partial charge on any atom is -0.310 e. The van der Waals surface area contributed by atoms with Gasteiger partial charge < -0.3 is 4.90 Å². The van der Waals surface area contributed by atoms with Gasteiger partial charge in [0, 0.05) is 27.8 Å². The molecule has 0 atom stereocenters. The maximum absolute atomic E-state index is 2.49. The van der Waals surface area contributed by atoms with Crippen LogP contribution in [0.2, 0.25) is 0 Å². The van der Waals surface area contributed by atoms with E-state index in [0.717, 1.165) is 17.1 Å².